The lowest BCUT2D eigenvalue weighted by atomic mass is 10.1. The van der Waals surface area contributed by atoms with Gasteiger partial charge in [0.25, 0.3) is 0 Å². The minimum atomic E-state index is 0.105. The Labute approximate surface area is 141 Å². The molecule has 116 valence electrons. The lowest BCUT2D eigenvalue weighted by Crippen LogP contribution is -2.25. The lowest BCUT2D eigenvalue weighted by molar-refractivity contribution is -0.120. The van der Waals surface area contributed by atoms with Crippen LogP contribution in [0.5, 0.6) is 0 Å². The highest BCUT2D eigenvalue weighted by Gasteiger charge is 2.02. The van der Waals surface area contributed by atoms with Gasteiger partial charge in [-0.1, -0.05) is 41.4 Å². The third-order valence-electron chi connectivity index (χ3n) is 3.27. The molecule has 22 heavy (non-hydrogen) atoms. The predicted octanol–water partition coefficient (Wildman–Crippen LogP) is 4.49. The number of thioether (sulfide) groups is 1. The number of rotatable bonds is 7. The molecule has 1 amide bonds. The van der Waals surface area contributed by atoms with Gasteiger partial charge >= 0.3 is 0 Å². The highest BCUT2D eigenvalue weighted by Crippen LogP contribution is 2.18. The van der Waals surface area contributed by atoms with E-state index in [0.717, 1.165) is 17.2 Å². The average molecular weight is 334 g/mol. The molecule has 0 spiro atoms. The van der Waals surface area contributed by atoms with Crippen molar-refractivity contribution < 1.29 is 4.79 Å². The van der Waals surface area contributed by atoms with E-state index in [1.165, 1.54) is 16.0 Å². The molecule has 2 nitrogen and oxygen atoms in total. The Morgan fingerprint density at radius 1 is 1.09 bits per heavy atom. The highest BCUT2D eigenvalue weighted by atomic mass is 35.5. The van der Waals surface area contributed by atoms with Crippen LogP contribution in [0.2, 0.25) is 5.02 Å². The second-order valence-corrected chi connectivity index (χ2v) is 6.74. The first-order valence-electron chi connectivity index (χ1n) is 7.34. The first kappa shape index (κ1) is 16.9. The summed E-state index contributed by atoms with van der Waals surface area (Å²) in [5.74, 6) is 0.907. The third kappa shape index (κ3) is 6.12. The van der Waals surface area contributed by atoms with Crippen LogP contribution >= 0.6 is 23.4 Å². The Morgan fingerprint density at radius 2 is 1.77 bits per heavy atom. The van der Waals surface area contributed by atoms with Gasteiger partial charge in [0, 0.05) is 28.6 Å². The van der Waals surface area contributed by atoms with Crippen molar-refractivity contribution in [2.45, 2.75) is 24.7 Å². The summed E-state index contributed by atoms with van der Waals surface area (Å²) in [7, 11) is 0. The number of benzene rings is 2. The number of aryl methyl sites for hydroxylation is 1. The standard InChI is InChI=1S/C18H20ClNOS/c1-14-2-8-17(9-3-14)22-13-11-18(21)20-12-10-15-4-6-16(19)7-5-15/h2-9H,10-13H2,1H3,(H,20,21). The van der Waals surface area contributed by atoms with E-state index in [4.69, 9.17) is 11.6 Å². The van der Waals surface area contributed by atoms with Crippen molar-refractivity contribution >= 4 is 29.3 Å². The van der Waals surface area contributed by atoms with Crippen LogP contribution in [0.4, 0.5) is 0 Å². The van der Waals surface area contributed by atoms with Gasteiger partial charge in [-0.05, 0) is 43.2 Å². The quantitative estimate of drug-likeness (QED) is 0.756. The van der Waals surface area contributed by atoms with Crippen molar-refractivity contribution in [3.8, 4) is 0 Å². The van der Waals surface area contributed by atoms with E-state index in [1.807, 2.05) is 24.3 Å². The number of carbonyl (C=O) groups excluding carboxylic acids is 1. The number of nitrogens with one attached hydrogen (secondary N) is 1. The minimum absolute atomic E-state index is 0.105. The Balaban J connectivity index is 1.61. The van der Waals surface area contributed by atoms with Crippen molar-refractivity contribution in [1.82, 2.24) is 5.32 Å². The Bertz CT molecular complexity index is 542. The van der Waals surface area contributed by atoms with Crippen LogP contribution in [0.1, 0.15) is 17.5 Å². The number of hydrogen-bond donors (Lipinski definition) is 1. The molecule has 4 heteroatoms. The van der Waals surface area contributed by atoms with E-state index in [1.54, 1.807) is 11.8 Å². The van der Waals surface area contributed by atoms with Gasteiger partial charge in [0.05, 0.1) is 0 Å². The van der Waals surface area contributed by atoms with Gasteiger partial charge in [-0.15, -0.1) is 11.8 Å². The fourth-order valence-electron chi connectivity index (χ4n) is 1.98. The van der Waals surface area contributed by atoms with E-state index < -0.39 is 0 Å². The molecule has 0 aliphatic rings. The minimum Gasteiger partial charge on any atom is -0.356 e. The van der Waals surface area contributed by atoms with E-state index in [2.05, 4.69) is 36.5 Å². The van der Waals surface area contributed by atoms with Crippen molar-refractivity contribution in [1.29, 1.82) is 0 Å². The monoisotopic (exact) mass is 333 g/mol. The Kier molecular flexibility index (Phi) is 6.81. The van der Waals surface area contributed by atoms with Gasteiger partial charge in [-0.2, -0.15) is 0 Å². The Morgan fingerprint density at radius 3 is 2.45 bits per heavy atom. The summed E-state index contributed by atoms with van der Waals surface area (Å²) in [4.78, 5) is 13.0. The van der Waals surface area contributed by atoms with Crippen LogP contribution in [0.3, 0.4) is 0 Å². The maximum atomic E-state index is 11.8. The first-order valence-corrected chi connectivity index (χ1v) is 8.70. The molecule has 0 aliphatic heterocycles. The van der Waals surface area contributed by atoms with Crippen LogP contribution in [0.15, 0.2) is 53.4 Å². The summed E-state index contributed by atoms with van der Waals surface area (Å²) >= 11 is 7.55. The molecular formula is C18H20ClNOS. The normalized spacial score (nSPS) is 10.5. The fraction of sp³-hybridized carbons (Fsp3) is 0.278. The molecule has 2 rings (SSSR count). The summed E-state index contributed by atoms with van der Waals surface area (Å²) in [6.07, 6.45) is 1.37. The molecule has 0 atom stereocenters. The lowest BCUT2D eigenvalue weighted by Gasteiger charge is -2.06. The zero-order valence-corrected chi connectivity index (χ0v) is 14.2. The molecule has 0 fully saturated rings. The zero-order chi connectivity index (χ0) is 15.8. The molecule has 0 unspecified atom stereocenters. The van der Waals surface area contributed by atoms with Crippen LogP contribution in [-0.4, -0.2) is 18.2 Å². The van der Waals surface area contributed by atoms with Crippen molar-refractivity contribution in [2.24, 2.45) is 0 Å². The SMILES string of the molecule is Cc1ccc(SCCC(=O)NCCc2ccc(Cl)cc2)cc1. The van der Waals surface area contributed by atoms with E-state index in [0.29, 0.717) is 13.0 Å². The molecule has 0 saturated heterocycles. The van der Waals surface area contributed by atoms with E-state index in [-0.39, 0.29) is 5.91 Å². The van der Waals surface area contributed by atoms with Gasteiger partial charge in [-0.3, -0.25) is 4.79 Å². The summed E-state index contributed by atoms with van der Waals surface area (Å²) in [6, 6.07) is 16.1. The smallest absolute Gasteiger partial charge is 0.220 e. The molecule has 2 aromatic rings. The number of hydrogen-bond acceptors (Lipinski definition) is 2. The zero-order valence-electron chi connectivity index (χ0n) is 12.6. The second kappa shape index (κ2) is 8.86. The number of carbonyl (C=O) groups is 1. The molecule has 0 aliphatic carbocycles. The van der Waals surface area contributed by atoms with Crippen LogP contribution < -0.4 is 5.32 Å². The Hall–Kier alpha value is -1.45. The molecular weight excluding hydrogens is 314 g/mol. The van der Waals surface area contributed by atoms with E-state index in [9.17, 15) is 4.79 Å². The van der Waals surface area contributed by atoms with Crippen molar-refractivity contribution in [2.75, 3.05) is 12.3 Å². The van der Waals surface area contributed by atoms with Gasteiger partial charge in [0.2, 0.25) is 5.91 Å². The number of amides is 1. The van der Waals surface area contributed by atoms with Crippen LogP contribution in [-0.2, 0) is 11.2 Å². The topological polar surface area (TPSA) is 29.1 Å². The number of halogens is 1. The predicted molar refractivity (Wildman–Crippen MR) is 94.7 cm³/mol. The second-order valence-electron chi connectivity index (χ2n) is 5.14. The maximum absolute atomic E-state index is 11.8. The average Bonchev–Trinajstić information content (AvgIpc) is 2.51. The summed E-state index contributed by atoms with van der Waals surface area (Å²) in [5.41, 5.74) is 2.43. The van der Waals surface area contributed by atoms with Gasteiger partial charge < -0.3 is 5.32 Å². The molecule has 0 bridgehead atoms. The fourth-order valence-corrected chi connectivity index (χ4v) is 2.96. The summed E-state index contributed by atoms with van der Waals surface area (Å²) in [6.45, 7) is 2.73. The maximum Gasteiger partial charge on any atom is 0.220 e. The molecule has 2 aromatic carbocycles. The van der Waals surface area contributed by atoms with Crippen LogP contribution in [0, 0.1) is 6.92 Å². The van der Waals surface area contributed by atoms with Gasteiger partial charge in [0.15, 0.2) is 0 Å². The van der Waals surface area contributed by atoms with E-state index >= 15 is 0 Å². The molecule has 1 N–H and O–H groups in total. The molecule has 0 radical (unpaired) electrons. The molecule has 0 aromatic heterocycles. The molecule has 0 saturated carbocycles. The van der Waals surface area contributed by atoms with Crippen molar-refractivity contribution in [3.05, 3.63) is 64.7 Å². The van der Waals surface area contributed by atoms with Crippen molar-refractivity contribution in [3.63, 3.8) is 0 Å². The van der Waals surface area contributed by atoms with Gasteiger partial charge in [0.1, 0.15) is 0 Å². The molecule has 0 heterocycles. The highest BCUT2D eigenvalue weighted by molar-refractivity contribution is 7.99. The van der Waals surface area contributed by atoms with Crippen LogP contribution in [0.25, 0.3) is 0 Å². The largest absolute Gasteiger partial charge is 0.356 e. The van der Waals surface area contributed by atoms with Gasteiger partial charge in [-0.25, -0.2) is 0 Å². The first-order chi connectivity index (χ1) is 10.6. The third-order valence-corrected chi connectivity index (χ3v) is 4.53. The summed E-state index contributed by atoms with van der Waals surface area (Å²) < 4.78 is 0. The summed E-state index contributed by atoms with van der Waals surface area (Å²) in [5, 5.41) is 3.69.